The number of aromatic nitrogens is 1. The first-order valence-corrected chi connectivity index (χ1v) is 7.61. The minimum atomic E-state index is -0.263. The van der Waals surface area contributed by atoms with E-state index in [4.69, 9.17) is 10.5 Å². The second-order valence-electron chi connectivity index (χ2n) is 4.86. The van der Waals surface area contributed by atoms with E-state index in [1.807, 2.05) is 24.3 Å². The SMILES string of the molecule is COc1cccc(Cc2sc(N)nc2-c2ccc(F)cc2)c1. The van der Waals surface area contributed by atoms with E-state index in [1.54, 1.807) is 19.2 Å². The first kappa shape index (κ1) is 14.5. The van der Waals surface area contributed by atoms with Crippen LogP contribution in [0.4, 0.5) is 9.52 Å². The van der Waals surface area contributed by atoms with Gasteiger partial charge in [0, 0.05) is 16.9 Å². The number of ether oxygens (including phenoxy) is 1. The Bertz CT molecular complexity index is 784. The van der Waals surface area contributed by atoms with Crippen molar-refractivity contribution in [1.82, 2.24) is 4.98 Å². The molecule has 0 saturated heterocycles. The van der Waals surface area contributed by atoms with Crippen molar-refractivity contribution >= 4 is 16.5 Å². The van der Waals surface area contributed by atoms with Crippen molar-refractivity contribution < 1.29 is 9.13 Å². The topological polar surface area (TPSA) is 48.1 Å². The molecule has 3 rings (SSSR count). The quantitative estimate of drug-likeness (QED) is 0.787. The van der Waals surface area contributed by atoms with Gasteiger partial charge in [-0.25, -0.2) is 9.37 Å². The summed E-state index contributed by atoms with van der Waals surface area (Å²) < 4.78 is 18.3. The van der Waals surface area contributed by atoms with Crippen LogP contribution in [0.3, 0.4) is 0 Å². The molecule has 0 fully saturated rings. The van der Waals surface area contributed by atoms with E-state index in [9.17, 15) is 4.39 Å². The van der Waals surface area contributed by atoms with E-state index in [0.717, 1.165) is 27.4 Å². The summed E-state index contributed by atoms with van der Waals surface area (Å²) in [6.07, 6.45) is 0.707. The average molecular weight is 314 g/mol. The Kier molecular flexibility index (Phi) is 4.06. The van der Waals surface area contributed by atoms with Crippen molar-refractivity contribution in [2.24, 2.45) is 0 Å². The molecule has 1 aromatic heterocycles. The molecule has 3 nitrogen and oxygen atoms in total. The maximum absolute atomic E-state index is 13.1. The summed E-state index contributed by atoms with van der Waals surface area (Å²) in [5, 5.41) is 0.511. The van der Waals surface area contributed by atoms with Gasteiger partial charge in [-0.1, -0.05) is 12.1 Å². The predicted octanol–water partition coefficient (Wildman–Crippen LogP) is 4.13. The number of nitrogens with two attached hydrogens (primary N) is 1. The molecule has 0 spiro atoms. The molecule has 0 aliphatic rings. The van der Waals surface area contributed by atoms with Gasteiger partial charge < -0.3 is 10.5 Å². The van der Waals surface area contributed by atoms with Crippen LogP contribution in [0, 0.1) is 5.82 Å². The first-order valence-electron chi connectivity index (χ1n) is 6.80. The number of methoxy groups -OCH3 is 1. The highest BCUT2D eigenvalue weighted by atomic mass is 32.1. The summed E-state index contributed by atoms with van der Waals surface area (Å²) in [6.45, 7) is 0. The molecule has 0 bridgehead atoms. The van der Waals surface area contributed by atoms with Crippen LogP contribution in [0.1, 0.15) is 10.4 Å². The van der Waals surface area contributed by atoms with Gasteiger partial charge in [0.15, 0.2) is 5.13 Å². The van der Waals surface area contributed by atoms with Crippen LogP contribution in [-0.4, -0.2) is 12.1 Å². The molecule has 0 radical (unpaired) electrons. The number of hydrogen-bond acceptors (Lipinski definition) is 4. The van der Waals surface area contributed by atoms with Gasteiger partial charge >= 0.3 is 0 Å². The number of hydrogen-bond donors (Lipinski definition) is 1. The molecule has 5 heteroatoms. The predicted molar refractivity (Wildman–Crippen MR) is 87.7 cm³/mol. The number of nitrogen functional groups attached to an aromatic ring is 1. The third-order valence-electron chi connectivity index (χ3n) is 3.33. The molecule has 0 aliphatic heterocycles. The van der Waals surface area contributed by atoms with Crippen LogP contribution in [0.5, 0.6) is 5.75 Å². The molecule has 2 aromatic carbocycles. The standard InChI is InChI=1S/C17H15FN2OS/c1-21-14-4-2-3-11(9-14)10-15-16(20-17(19)22-15)12-5-7-13(18)8-6-12/h2-9H,10H2,1H3,(H2,19,20). The minimum absolute atomic E-state index is 0.263. The van der Waals surface area contributed by atoms with Gasteiger partial charge in [0.1, 0.15) is 11.6 Å². The second kappa shape index (κ2) is 6.15. The molecular formula is C17H15FN2OS. The second-order valence-corrected chi connectivity index (χ2v) is 5.97. The Morgan fingerprint density at radius 1 is 1.18 bits per heavy atom. The Balaban J connectivity index is 1.95. The molecule has 0 amide bonds. The van der Waals surface area contributed by atoms with Crippen molar-refractivity contribution in [3.8, 4) is 17.0 Å². The maximum atomic E-state index is 13.1. The largest absolute Gasteiger partial charge is 0.497 e. The lowest BCUT2D eigenvalue weighted by Crippen LogP contribution is -1.91. The zero-order valence-electron chi connectivity index (χ0n) is 12.0. The maximum Gasteiger partial charge on any atom is 0.180 e. The molecule has 0 atom stereocenters. The zero-order chi connectivity index (χ0) is 15.5. The summed E-state index contributed by atoms with van der Waals surface area (Å²) >= 11 is 1.45. The molecular weight excluding hydrogens is 299 g/mol. The van der Waals surface area contributed by atoms with E-state index in [0.29, 0.717) is 11.6 Å². The molecule has 0 aliphatic carbocycles. The van der Waals surface area contributed by atoms with Crippen LogP contribution in [-0.2, 0) is 6.42 Å². The number of thiazole rings is 1. The lowest BCUT2D eigenvalue weighted by molar-refractivity contribution is 0.414. The molecule has 1 heterocycles. The van der Waals surface area contributed by atoms with Crippen LogP contribution >= 0.6 is 11.3 Å². The van der Waals surface area contributed by atoms with Crippen LogP contribution < -0.4 is 10.5 Å². The Hall–Kier alpha value is -2.40. The Morgan fingerprint density at radius 3 is 2.68 bits per heavy atom. The lowest BCUT2D eigenvalue weighted by Gasteiger charge is -2.05. The van der Waals surface area contributed by atoms with E-state index >= 15 is 0 Å². The monoisotopic (exact) mass is 314 g/mol. The van der Waals surface area contributed by atoms with Gasteiger partial charge in [-0.15, -0.1) is 11.3 Å². The van der Waals surface area contributed by atoms with Gasteiger partial charge in [0.25, 0.3) is 0 Å². The fourth-order valence-electron chi connectivity index (χ4n) is 2.29. The normalized spacial score (nSPS) is 10.6. The van der Waals surface area contributed by atoms with Crippen molar-refractivity contribution in [2.45, 2.75) is 6.42 Å². The van der Waals surface area contributed by atoms with Crippen LogP contribution in [0.2, 0.25) is 0 Å². The Morgan fingerprint density at radius 2 is 1.95 bits per heavy atom. The van der Waals surface area contributed by atoms with Gasteiger partial charge in [-0.3, -0.25) is 0 Å². The molecule has 22 heavy (non-hydrogen) atoms. The molecule has 0 saturated carbocycles. The number of halogens is 1. The number of nitrogens with zero attached hydrogens (tertiary/aromatic N) is 1. The summed E-state index contributed by atoms with van der Waals surface area (Å²) in [6, 6.07) is 14.2. The van der Waals surface area contributed by atoms with Crippen molar-refractivity contribution in [3.05, 3.63) is 64.8 Å². The average Bonchev–Trinajstić information content (AvgIpc) is 2.89. The zero-order valence-corrected chi connectivity index (χ0v) is 12.9. The summed E-state index contributed by atoms with van der Waals surface area (Å²) in [7, 11) is 1.65. The van der Waals surface area contributed by atoms with Crippen LogP contribution in [0.25, 0.3) is 11.3 Å². The fraction of sp³-hybridized carbons (Fsp3) is 0.118. The molecule has 2 N–H and O–H groups in total. The van der Waals surface area contributed by atoms with Crippen molar-refractivity contribution in [3.63, 3.8) is 0 Å². The van der Waals surface area contributed by atoms with E-state index in [-0.39, 0.29) is 5.82 Å². The van der Waals surface area contributed by atoms with Gasteiger partial charge in [-0.05, 0) is 42.0 Å². The summed E-state index contributed by atoms with van der Waals surface area (Å²) in [4.78, 5) is 5.45. The summed E-state index contributed by atoms with van der Waals surface area (Å²) in [5.74, 6) is 0.555. The van der Waals surface area contributed by atoms with Gasteiger partial charge in [0.05, 0.1) is 12.8 Å². The number of benzene rings is 2. The van der Waals surface area contributed by atoms with Gasteiger partial charge in [-0.2, -0.15) is 0 Å². The smallest absolute Gasteiger partial charge is 0.180 e. The van der Waals surface area contributed by atoms with Crippen molar-refractivity contribution in [2.75, 3.05) is 12.8 Å². The number of rotatable bonds is 4. The van der Waals surface area contributed by atoms with E-state index < -0.39 is 0 Å². The molecule has 3 aromatic rings. The number of anilines is 1. The van der Waals surface area contributed by atoms with Crippen LogP contribution in [0.15, 0.2) is 48.5 Å². The highest BCUT2D eigenvalue weighted by Crippen LogP contribution is 2.32. The van der Waals surface area contributed by atoms with Gasteiger partial charge in [0.2, 0.25) is 0 Å². The lowest BCUT2D eigenvalue weighted by atomic mass is 10.1. The first-order chi connectivity index (χ1) is 10.7. The van der Waals surface area contributed by atoms with E-state index in [2.05, 4.69) is 4.98 Å². The fourth-order valence-corrected chi connectivity index (χ4v) is 3.18. The molecule has 112 valence electrons. The minimum Gasteiger partial charge on any atom is -0.497 e. The highest BCUT2D eigenvalue weighted by molar-refractivity contribution is 7.15. The third kappa shape index (κ3) is 3.09. The van der Waals surface area contributed by atoms with E-state index in [1.165, 1.54) is 23.5 Å². The summed E-state index contributed by atoms with van der Waals surface area (Å²) in [5.41, 5.74) is 8.66. The third-order valence-corrected chi connectivity index (χ3v) is 4.21. The van der Waals surface area contributed by atoms with Crippen molar-refractivity contribution in [1.29, 1.82) is 0 Å². The Labute approximate surface area is 132 Å². The highest BCUT2D eigenvalue weighted by Gasteiger charge is 2.13. The molecule has 0 unspecified atom stereocenters.